The number of benzene rings is 1. The number of hydrogen-bond acceptors (Lipinski definition) is 7. The highest BCUT2D eigenvalue weighted by atomic mass is 19.4. The SMILES string of the molecule is COc1ccc(-c2cnc3n2CC2(CCN(Cc4cccnc4)C2)OC3)cc1.O=C(O)C(F)(F)F.O=C(O)C(F)(F)F. The van der Waals surface area contributed by atoms with Gasteiger partial charge in [-0.05, 0) is 42.3 Å². The van der Waals surface area contributed by atoms with Gasteiger partial charge in [-0.25, -0.2) is 14.6 Å². The molecule has 2 aromatic heterocycles. The van der Waals surface area contributed by atoms with E-state index in [4.69, 9.17) is 29.3 Å². The lowest BCUT2D eigenvalue weighted by molar-refractivity contribution is -0.193. The molecule has 1 atom stereocenters. The maximum atomic E-state index is 10.6. The molecule has 1 spiro atoms. The van der Waals surface area contributed by atoms with Gasteiger partial charge in [0.05, 0.1) is 25.5 Å². The zero-order valence-electron chi connectivity index (χ0n) is 22.0. The van der Waals surface area contributed by atoms with E-state index in [9.17, 15) is 26.3 Å². The van der Waals surface area contributed by atoms with Gasteiger partial charge in [0.1, 0.15) is 23.8 Å². The Balaban J connectivity index is 0.000000289. The minimum absolute atomic E-state index is 0.142. The summed E-state index contributed by atoms with van der Waals surface area (Å²) in [6.07, 6.45) is -3.40. The third kappa shape index (κ3) is 8.66. The summed E-state index contributed by atoms with van der Waals surface area (Å²) < 4.78 is 77.4. The largest absolute Gasteiger partial charge is 0.497 e. The number of hydrogen-bond donors (Lipinski definition) is 2. The number of aliphatic carboxylic acids is 2. The molecule has 0 amide bonds. The molecule has 1 unspecified atom stereocenters. The van der Waals surface area contributed by atoms with Crippen LogP contribution >= 0.6 is 0 Å². The topological polar surface area (TPSA) is 127 Å². The number of carboxylic acids is 2. The molecule has 4 heterocycles. The van der Waals surface area contributed by atoms with Crippen molar-refractivity contribution >= 4 is 11.9 Å². The van der Waals surface area contributed by atoms with Crippen molar-refractivity contribution in [3.63, 3.8) is 0 Å². The first-order valence-electron chi connectivity index (χ1n) is 12.2. The van der Waals surface area contributed by atoms with Crippen LogP contribution in [-0.4, -0.2) is 79.7 Å². The van der Waals surface area contributed by atoms with E-state index in [0.29, 0.717) is 6.61 Å². The van der Waals surface area contributed by atoms with Gasteiger partial charge in [0.2, 0.25) is 0 Å². The number of alkyl halides is 6. The van der Waals surface area contributed by atoms with Crippen molar-refractivity contribution in [1.82, 2.24) is 19.4 Å². The number of pyridine rings is 1. The molecule has 10 nitrogen and oxygen atoms in total. The Kier molecular flexibility index (Phi) is 10.2. The molecule has 228 valence electrons. The zero-order valence-corrected chi connectivity index (χ0v) is 22.0. The van der Waals surface area contributed by atoms with E-state index in [1.165, 1.54) is 5.56 Å². The summed E-state index contributed by atoms with van der Waals surface area (Å²) in [5.41, 5.74) is 3.40. The van der Waals surface area contributed by atoms with Crippen molar-refractivity contribution in [2.75, 3.05) is 20.2 Å². The van der Waals surface area contributed by atoms with Crippen LogP contribution in [0.4, 0.5) is 26.3 Å². The van der Waals surface area contributed by atoms with Gasteiger partial charge in [-0.2, -0.15) is 26.3 Å². The summed E-state index contributed by atoms with van der Waals surface area (Å²) in [6.45, 7) is 4.30. The predicted octanol–water partition coefficient (Wildman–Crippen LogP) is 4.40. The fourth-order valence-electron chi connectivity index (χ4n) is 4.31. The summed E-state index contributed by atoms with van der Waals surface area (Å²) in [4.78, 5) is 29.1. The van der Waals surface area contributed by atoms with Crippen molar-refractivity contribution < 1.29 is 55.6 Å². The Labute approximate surface area is 235 Å². The second kappa shape index (κ2) is 13.2. The van der Waals surface area contributed by atoms with Crippen LogP contribution in [-0.2, 0) is 34.0 Å². The molecule has 0 radical (unpaired) electrons. The molecule has 2 aliphatic rings. The maximum absolute atomic E-state index is 10.6. The van der Waals surface area contributed by atoms with Crippen LogP contribution in [0.15, 0.2) is 55.0 Å². The average molecular weight is 605 g/mol. The summed E-state index contributed by atoms with van der Waals surface area (Å²) in [6, 6.07) is 12.3. The second-order valence-corrected chi connectivity index (χ2v) is 9.27. The summed E-state index contributed by atoms with van der Waals surface area (Å²) in [5, 5.41) is 14.2. The standard InChI is InChI=1S/C22H24N4O2.2C2HF3O2/c1-27-19-6-4-18(5-7-19)20-12-24-21-14-28-22(16-26(20)21)8-10-25(15-22)13-17-3-2-9-23-11-17;2*3-2(4,5)1(6)7/h2-7,9,11-12H,8,10,13-16H2,1H3;2*(H,6,7). The fraction of sp³-hybridized carbons (Fsp3) is 0.385. The number of methoxy groups -OCH3 is 1. The van der Waals surface area contributed by atoms with Gasteiger partial charge < -0.3 is 24.3 Å². The molecule has 0 aliphatic carbocycles. The molecule has 3 aromatic rings. The highest BCUT2D eigenvalue weighted by molar-refractivity contribution is 5.73. The van der Waals surface area contributed by atoms with Crippen LogP contribution in [0.5, 0.6) is 5.75 Å². The van der Waals surface area contributed by atoms with Crippen molar-refractivity contribution in [2.45, 2.75) is 44.1 Å². The van der Waals surface area contributed by atoms with Crippen LogP contribution in [0.25, 0.3) is 11.3 Å². The number of likely N-dealkylation sites (tertiary alicyclic amines) is 1. The third-order valence-electron chi connectivity index (χ3n) is 6.29. The van der Waals surface area contributed by atoms with E-state index >= 15 is 0 Å². The van der Waals surface area contributed by atoms with Gasteiger partial charge >= 0.3 is 24.3 Å². The van der Waals surface area contributed by atoms with E-state index in [2.05, 4.69) is 37.6 Å². The second-order valence-electron chi connectivity index (χ2n) is 9.27. The van der Waals surface area contributed by atoms with Crippen LogP contribution in [0, 0.1) is 0 Å². The number of rotatable bonds is 4. The normalized spacial score (nSPS) is 18.3. The third-order valence-corrected chi connectivity index (χ3v) is 6.29. The summed E-state index contributed by atoms with van der Waals surface area (Å²) in [5.74, 6) is -3.65. The van der Waals surface area contributed by atoms with Crippen LogP contribution in [0.2, 0.25) is 0 Å². The Bertz CT molecular complexity index is 1320. The highest BCUT2D eigenvalue weighted by Gasteiger charge is 2.43. The van der Waals surface area contributed by atoms with Gasteiger partial charge in [-0.3, -0.25) is 9.88 Å². The number of ether oxygens (including phenoxy) is 2. The number of halogens is 6. The van der Waals surface area contributed by atoms with Gasteiger partial charge in [0, 0.05) is 37.6 Å². The number of nitrogens with zero attached hydrogens (tertiary/aromatic N) is 4. The molecule has 1 fully saturated rings. The molecular weight excluding hydrogens is 578 g/mol. The molecular formula is C26H26F6N4O6. The molecule has 42 heavy (non-hydrogen) atoms. The first-order chi connectivity index (χ1) is 19.6. The Morgan fingerprint density at radius 2 is 1.62 bits per heavy atom. The van der Waals surface area contributed by atoms with Gasteiger partial charge in [0.25, 0.3) is 0 Å². The monoisotopic (exact) mass is 604 g/mol. The predicted molar refractivity (Wildman–Crippen MR) is 133 cm³/mol. The van der Waals surface area contributed by atoms with E-state index in [-0.39, 0.29) is 5.60 Å². The molecule has 0 saturated carbocycles. The minimum atomic E-state index is -5.08. The minimum Gasteiger partial charge on any atom is -0.497 e. The van der Waals surface area contributed by atoms with Crippen molar-refractivity contribution in [1.29, 1.82) is 0 Å². The molecule has 5 rings (SSSR count). The maximum Gasteiger partial charge on any atom is 0.490 e. The van der Waals surface area contributed by atoms with Crippen molar-refractivity contribution in [2.24, 2.45) is 0 Å². The first-order valence-corrected chi connectivity index (χ1v) is 12.2. The van der Waals surface area contributed by atoms with Gasteiger partial charge in [-0.1, -0.05) is 6.07 Å². The molecule has 0 bridgehead atoms. The number of imidazole rings is 1. The Morgan fingerprint density at radius 3 is 2.14 bits per heavy atom. The van der Waals surface area contributed by atoms with E-state index in [1.807, 2.05) is 36.8 Å². The number of carbonyl (C=O) groups is 2. The lowest BCUT2D eigenvalue weighted by Gasteiger charge is -2.35. The van der Waals surface area contributed by atoms with E-state index < -0.39 is 24.3 Å². The van der Waals surface area contributed by atoms with Crippen molar-refractivity contribution in [3.05, 3.63) is 66.4 Å². The van der Waals surface area contributed by atoms with Gasteiger partial charge in [-0.15, -0.1) is 0 Å². The number of aromatic nitrogens is 3. The summed E-state index contributed by atoms with van der Waals surface area (Å²) >= 11 is 0. The van der Waals surface area contributed by atoms with Crippen LogP contribution < -0.4 is 4.74 Å². The van der Waals surface area contributed by atoms with E-state index in [0.717, 1.165) is 55.4 Å². The van der Waals surface area contributed by atoms with Gasteiger partial charge in [0.15, 0.2) is 0 Å². The smallest absolute Gasteiger partial charge is 0.490 e. The Morgan fingerprint density at radius 1 is 1.00 bits per heavy atom. The number of carboxylic acid groups (broad SMARTS) is 2. The quantitative estimate of drug-likeness (QED) is 0.417. The Hall–Kier alpha value is -4.18. The molecule has 2 N–H and O–H groups in total. The fourth-order valence-corrected chi connectivity index (χ4v) is 4.31. The molecule has 1 saturated heterocycles. The lowest BCUT2D eigenvalue weighted by atomic mass is 10.0. The number of fused-ring (bicyclic) bond motifs is 1. The van der Waals surface area contributed by atoms with Crippen LogP contribution in [0.1, 0.15) is 17.8 Å². The van der Waals surface area contributed by atoms with Crippen molar-refractivity contribution in [3.8, 4) is 17.0 Å². The van der Waals surface area contributed by atoms with E-state index in [1.54, 1.807) is 7.11 Å². The molecule has 1 aromatic carbocycles. The first kappa shape index (κ1) is 32.3. The lowest BCUT2D eigenvalue weighted by Crippen LogP contribution is -2.44. The zero-order chi connectivity index (χ0) is 31.1. The average Bonchev–Trinajstić information content (AvgIpc) is 3.52. The summed E-state index contributed by atoms with van der Waals surface area (Å²) in [7, 11) is 1.69. The van der Waals surface area contributed by atoms with Crippen LogP contribution in [0.3, 0.4) is 0 Å². The highest BCUT2D eigenvalue weighted by Crippen LogP contribution is 2.36. The molecule has 2 aliphatic heterocycles. The molecule has 16 heteroatoms.